The molecule has 1 rings (SSSR count). The summed E-state index contributed by atoms with van der Waals surface area (Å²) in [6.07, 6.45) is -6.08. The van der Waals surface area contributed by atoms with Gasteiger partial charge in [-0.1, -0.05) is 0 Å². The number of halogens is 21. The third kappa shape index (κ3) is 4.14. The van der Waals surface area contributed by atoms with E-state index in [2.05, 4.69) is 0 Å². The number of hydrogen-bond acceptors (Lipinski definition) is 1. The molecule has 0 aliphatic heterocycles. The smallest absolute Gasteiger partial charge is 0.315 e. The molecule has 0 aliphatic rings. The molecule has 0 radical (unpaired) electrons. The summed E-state index contributed by atoms with van der Waals surface area (Å²) in [6.45, 7) is 0. The van der Waals surface area contributed by atoms with Crippen molar-refractivity contribution < 1.29 is 97.0 Å². The molecule has 0 unspecified atom stereocenters. The largest absolute Gasteiger partial charge is 0.393 e. The molecule has 0 bridgehead atoms. The first-order valence-corrected chi connectivity index (χ1v) is 8.27. The Balaban J connectivity index is 3.68. The lowest BCUT2D eigenvalue weighted by molar-refractivity contribution is -0.443. The third-order valence-electron chi connectivity index (χ3n) is 4.40. The van der Waals surface area contributed by atoms with Gasteiger partial charge in [-0.2, -0.15) is 61.5 Å². The summed E-state index contributed by atoms with van der Waals surface area (Å²) in [6, 6.07) is 0. The Morgan fingerprint density at radius 1 is 0.500 bits per heavy atom. The van der Waals surface area contributed by atoms with Gasteiger partial charge in [0.05, 0.1) is 0 Å². The number of amides is 1. The molecule has 1 N–H and O–H groups in total. The van der Waals surface area contributed by atoms with Gasteiger partial charge in [-0.25, -0.2) is 30.7 Å². The van der Waals surface area contributed by atoms with Crippen molar-refractivity contribution >= 4 is 11.6 Å². The molecule has 1 amide bonds. The van der Waals surface area contributed by atoms with Crippen LogP contribution in [0.3, 0.4) is 0 Å². The summed E-state index contributed by atoms with van der Waals surface area (Å²) < 4.78 is 277. The van der Waals surface area contributed by atoms with E-state index in [-0.39, 0.29) is 5.32 Å². The molecule has 1 aromatic rings. The Morgan fingerprint density at radius 2 is 0.789 bits per heavy atom. The minimum Gasteiger partial charge on any atom is -0.315 e. The molecule has 0 heterocycles. The molecule has 23 heteroatoms. The third-order valence-corrected chi connectivity index (χ3v) is 4.40. The van der Waals surface area contributed by atoms with Crippen molar-refractivity contribution in [3.8, 4) is 0 Å². The maximum absolute atomic E-state index is 13.7. The number of hydrogen-bond donors (Lipinski definition) is 1. The van der Waals surface area contributed by atoms with Crippen molar-refractivity contribution in [1.82, 2.24) is 0 Å². The number of benzene rings is 1. The van der Waals surface area contributed by atoms with Gasteiger partial charge in [-0.3, -0.25) is 4.79 Å². The van der Waals surface area contributed by atoms with E-state index in [1.807, 2.05) is 0 Å². The van der Waals surface area contributed by atoms with E-state index in [1.54, 1.807) is 0 Å². The van der Waals surface area contributed by atoms with E-state index in [4.69, 9.17) is 0 Å². The SMILES string of the molecule is O=C(Nc1c(F)c(F)c(F)c(F)c1F)C(F)(F)C(F)(F)C(F)(F)C(F)(F)C(F)(F)C(F)(F)C(F)(F)C(F)F. The number of carbonyl (C=O) groups is 1. The quantitative estimate of drug-likeness (QED) is 0.182. The minimum absolute atomic E-state index is 0.333. The van der Waals surface area contributed by atoms with Crippen molar-refractivity contribution in [3.05, 3.63) is 29.1 Å². The summed E-state index contributed by atoms with van der Waals surface area (Å²) in [5, 5.41) is -0.333. The summed E-state index contributed by atoms with van der Waals surface area (Å²) in [4.78, 5) is 11.2. The molecule has 0 atom stereocenters. The number of alkyl halides is 16. The van der Waals surface area contributed by atoms with Crippen LogP contribution in [-0.4, -0.2) is 53.8 Å². The second-order valence-electron chi connectivity index (χ2n) is 6.77. The maximum atomic E-state index is 13.7. The van der Waals surface area contributed by atoms with Crippen LogP contribution >= 0.6 is 0 Å². The first-order valence-electron chi connectivity index (χ1n) is 8.27. The Morgan fingerprint density at radius 3 is 1.13 bits per heavy atom. The predicted octanol–water partition coefficient (Wildman–Crippen LogP) is 7.03. The van der Waals surface area contributed by atoms with Gasteiger partial charge in [0.25, 0.3) is 0 Å². The van der Waals surface area contributed by atoms with Gasteiger partial charge >= 0.3 is 53.8 Å². The van der Waals surface area contributed by atoms with E-state index < -0.39 is 88.6 Å². The average Bonchev–Trinajstić information content (AvgIpc) is 2.77. The topological polar surface area (TPSA) is 29.1 Å². The first-order chi connectivity index (χ1) is 16.5. The first kappa shape index (κ1) is 33.2. The number of anilines is 1. The molecule has 0 saturated heterocycles. The van der Waals surface area contributed by atoms with Crippen LogP contribution in [0.25, 0.3) is 0 Å². The summed E-state index contributed by atoms with van der Waals surface area (Å²) in [5.41, 5.74) is -3.04. The van der Waals surface area contributed by atoms with Crippen molar-refractivity contribution in [2.45, 2.75) is 47.9 Å². The molecule has 0 spiro atoms. The van der Waals surface area contributed by atoms with Crippen molar-refractivity contribution in [3.63, 3.8) is 0 Å². The summed E-state index contributed by atoms with van der Waals surface area (Å²) in [5.74, 6) is -79.3. The zero-order valence-corrected chi connectivity index (χ0v) is 16.4. The highest BCUT2D eigenvalue weighted by atomic mass is 19.4. The summed E-state index contributed by atoms with van der Waals surface area (Å²) >= 11 is 0. The number of rotatable bonds is 9. The van der Waals surface area contributed by atoms with E-state index in [0.29, 0.717) is 0 Å². The Hall–Kier alpha value is -2.78. The van der Waals surface area contributed by atoms with Crippen molar-refractivity contribution in [1.29, 1.82) is 0 Å². The maximum Gasteiger partial charge on any atom is 0.393 e. The fourth-order valence-electron chi connectivity index (χ4n) is 2.18. The van der Waals surface area contributed by atoms with E-state index >= 15 is 0 Å². The molecular weight excluding hydrogens is 609 g/mol. The molecule has 0 fully saturated rings. The predicted molar refractivity (Wildman–Crippen MR) is 75.5 cm³/mol. The fourth-order valence-corrected chi connectivity index (χ4v) is 2.18. The fraction of sp³-hybridized carbons (Fsp3) is 0.533. The van der Waals surface area contributed by atoms with Gasteiger partial charge in [0, 0.05) is 0 Å². The van der Waals surface area contributed by atoms with Gasteiger partial charge in [0.2, 0.25) is 5.82 Å². The molecular formula is C15H2F21NO. The molecule has 0 aliphatic carbocycles. The number of carbonyl (C=O) groups excluding carboxylic acids is 1. The highest BCUT2D eigenvalue weighted by molar-refractivity contribution is 5.97. The Bertz CT molecular complexity index is 1060. The second-order valence-corrected chi connectivity index (χ2v) is 6.77. The van der Waals surface area contributed by atoms with Crippen LogP contribution in [0.15, 0.2) is 0 Å². The van der Waals surface area contributed by atoms with Crippen LogP contribution in [0.4, 0.5) is 97.9 Å². The number of nitrogens with one attached hydrogen (secondary N) is 1. The van der Waals surface area contributed by atoms with Crippen LogP contribution in [0.1, 0.15) is 0 Å². The zero-order chi connectivity index (χ0) is 30.8. The molecule has 1 aromatic carbocycles. The van der Waals surface area contributed by atoms with Crippen molar-refractivity contribution in [2.75, 3.05) is 5.32 Å². The molecule has 0 aromatic heterocycles. The molecule has 38 heavy (non-hydrogen) atoms. The van der Waals surface area contributed by atoms with Crippen LogP contribution < -0.4 is 5.32 Å². The Kier molecular flexibility index (Phi) is 8.01. The van der Waals surface area contributed by atoms with Crippen molar-refractivity contribution in [2.24, 2.45) is 0 Å². The van der Waals surface area contributed by atoms with Gasteiger partial charge in [0.1, 0.15) is 5.69 Å². The van der Waals surface area contributed by atoms with E-state index in [9.17, 15) is 97.0 Å². The van der Waals surface area contributed by atoms with Crippen LogP contribution in [0.2, 0.25) is 0 Å². The normalized spacial score (nSPS) is 14.8. The lowest BCUT2D eigenvalue weighted by Gasteiger charge is -2.42. The highest BCUT2D eigenvalue weighted by Gasteiger charge is 2.94. The zero-order valence-electron chi connectivity index (χ0n) is 16.4. The van der Waals surface area contributed by atoms with Crippen LogP contribution in [-0.2, 0) is 4.79 Å². The lowest BCUT2D eigenvalue weighted by Crippen LogP contribution is -2.74. The molecule has 2 nitrogen and oxygen atoms in total. The Labute approximate surface area is 192 Å². The molecule has 220 valence electrons. The van der Waals surface area contributed by atoms with Gasteiger partial charge in [-0.05, 0) is 0 Å². The van der Waals surface area contributed by atoms with Crippen LogP contribution in [0.5, 0.6) is 0 Å². The summed E-state index contributed by atoms with van der Waals surface area (Å²) in [7, 11) is 0. The van der Waals surface area contributed by atoms with Crippen LogP contribution in [0, 0.1) is 29.1 Å². The monoisotopic (exact) mass is 611 g/mol. The van der Waals surface area contributed by atoms with E-state index in [0.717, 1.165) is 0 Å². The molecule has 0 saturated carbocycles. The van der Waals surface area contributed by atoms with E-state index in [1.165, 1.54) is 0 Å². The van der Waals surface area contributed by atoms with Gasteiger partial charge in [-0.15, -0.1) is 0 Å². The van der Waals surface area contributed by atoms with Gasteiger partial charge in [0.15, 0.2) is 23.3 Å². The standard InChI is InChI=1S/C15H2F21NO/c16-1-2(17)4(19)6(5(20)3(1)18)37-8(38)10(25,26)12(29,30)14(33,34)15(35,36)13(31,32)11(27,28)9(23,24)7(21)22/h7H,(H,37,38). The van der Waals surface area contributed by atoms with Gasteiger partial charge < -0.3 is 5.32 Å². The lowest BCUT2D eigenvalue weighted by atomic mass is 9.89. The average molecular weight is 611 g/mol. The minimum atomic E-state index is -8.88. The second kappa shape index (κ2) is 9.16. The highest BCUT2D eigenvalue weighted by Crippen LogP contribution is 2.62.